The van der Waals surface area contributed by atoms with Crippen molar-refractivity contribution in [2.45, 2.75) is 39.3 Å². The van der Waals surface area contributed by atoms with Gasteiger partial charge in [-0.25, -0.2) is 9.97 Å². The topological polar surface area (TPSA) is 54.4 Å². The zero-order valence-corrected chi connectivity index (χ0v) is 16.6. The molecular formula is C19H26ClN5O. The van der Waals surface area contributed by atoms with Crippen molar-refractivity contribution < 1.29 is 4.74 Å². The Hall–Kier alpha value is -1.92. The molecule has 0 radical (unpaired) electrons. The smallest absolute Gasteiger partial charge is 0.225 e. The molecule has 1 aliphatic heterocycles. The second kappa shape index (κ2) is 8.18. The van der Waals surface area contributed by atoms with Gasteiger partial charge in [0.1, 0.15) is 5.75 Å². The fraction of sp³-hybridized carbons (Fsp3) is 0.526. The molecule has 3 heterocycles. The van der Waals surface area contributed by atoms with Crippen molar-refractivity contribution in [1.29, 1.82) is 0 Å². The van der Waals surface area contributed by atoms with E-state index in [2.05, 4.69) is 38.7 Å². The molecule has 1 saturated heterocycles. The molecule has 1 aliphatic rings. The fourth-order valence-corrected chi connectivity index (χ4v) is 3.66. The van der Waals surface area contributed by atoms with Crippen LogP contribution in [-0.2, 0) is 6.54 Å². The van der Waals surface area contributed by atoms with Crippen LogP contribution in [0.1, 0.15) is 29.7 Å². The van der Waals surface area contributed by atoms with Gasteiger partial charge in [-0.3, -0.25) is 9.88 Å². The first-order valence-corrected chi connectivity index (χ1v) is 9.29. The maximum absolute atomic E-state index is 5.88. The lowest BCUT2D eigenvalue weighted by Gasteiger charge is -2.36. The third kappa shape index (κ3) is 4.07. The molecule has 6 nitrogen and oxygen atoms in total. The molecule has 0 unspecified atom stereocenters. The average molecular weight is 376 g/mol. The summed E-state index contributed by atoms with van der Waals surface area (Å²) in [6.45, 7) is 7.03. The molecule has 26 heavy (non-hydrogen) atoms. The average Bonchev–Trinajstić information content (AvgIpc) is 2.65. The quantitative estimate of drug-likeness (QED) is 0.799. The van der Waals surface area contributed by atoms with E-state index in [1.165, 1.54) is 0 Å². The van der Waals surface area contributed by atoms with Gasteiger partial charge in [0.25, 0.3) is 0 Å². The number of pyridine rings is 1. The molecule has 0 N–H and O–H groups in total. The molecule has 3 rings (SSSR count). The molecule has 0 bridgehead atoms. The molecule has 1 fully saturated rings. The predicted octanol–water partition coefficient (Wildman–Crippen LogP) is 3.25. The number of hydrogen-bond donors (Lipinski definition) is 0. The minimum absolute atomic E-state index is 0.439. The number of aryl methyl sites for hydroxylation is 1. The Morgan fingerprint density at radius 3 is 2.42 bits per heavy atom. The van der Waals surface area contributed by atoms with Crippen LogP contribution in [0.4, 0.5) is 5.95 Å². The number of likely N-dealkylation sites (tertiary alicyclic amines) is 1. The van der Waals surface area contributed by atoms with E-state index in [0.717, 1.165) is 61.0 Å². The van der Waals surface area contributed by atoms with Gasteiger partial charge in [0, 0.05) is 50.0 Å². The van der Waals surface area contributed by atoms with Crippen LogP contribution >= 0.6 is 11.6 Å². The van der Waals surface area contributed by atoms with Crippen molar-refractivity contribution in [3.05, 3.63) is 40.4 Å². The minimum Gasteiger partial charge on any atom is -0.496 e. The van der Waals surface area contributed by atoms with Gasteiger partial charge < -0.3 is 9.64 Å². The highest BCUT2D eigenvalue weighted by molar-refractivity contribution is 6.30. The van der Waals surface area contributed by atoms with Gasteiger partial charge in [-0.15, -0.1) is 0 Å². The Labute approximate surface area is 160 Å². The largest absolute Gasteiger partial charge is 0.496 e. The first kappa shape index (κ1) is 18.9. The fourth-order valence-electron chi connectivity index (χ4n) is 3.56. The number of piperidine rings is 1. The van der Waals surface area contributed by atoms with E-state index in [9.17, 15) is 0 Å². The van der Waals surface area contributed by atoms with Gasteiger partial charge in [-0.05, 0) is 26.7 Å². The van der Waals surface area contributed by atoms with Crippen molar-refractivity contribution in [3.8, 4) is 5.75 Å². The Bertz CT molecular complexity index is 744. The molecule has 0 amide bonds. The summed E-state index contributed by atoms with van der Waals surface area (Å²) < 4.78 is 5.52. The molecule has 140 valence electrons. The van der Waals surface area contributed by atoms with E-state index < -0.39 is 0 Å². The Kier molecular flexibility index (Phi) is 5.94. The number of aromatic nitrogens is 3. The van der Waals surface area contributed by atoms with Crippen LogP contribution in [0.3, 0.4) is 0 Å². The Morgan fingerprint density at radius 1 is 1.15 bits per heavy atom. The van der Waals surface area contributed by atoms with Gasteiger partial charge in [0.15, 0.2) is 0 Å². The summed E-state index contributed by atoms with van der Waals surface area (Å²) in [5, 5.41) is 0.563. The summed E-state index contributed by atoms with van der Waals surface area (Å²) in [5.41, 5.74) is 3.32. The van der Waals surface area contributed by atoms with E-state index in [1.54, 1.807) is 19.5 Å². The van der Waals surface area contributed by atoms with Crippen LogP contribution in [0.25, 0.3) is 0 Å². The number of hydrogen-bond acceptors (Lipinski definition) is 6. The van der Waals surface area contributed by atoms with Gasteiger partial charge in [-0.1, -0.05) is 11.6 Å². The second-order valence-corrected chi connectivity index (χ2v) is 7.30. The molecule has 2 aromatic rings. The highest BCUT2D eigenvalue weighted by Gasteiger charge is 2.24. The van der Waals surface area contributed by atoms with Gasteiger partial charge in [0.05, 0.1) is 30.2 Å². The molecule has 0 aliphatic carbocycles. The van der Waals surface area contributed by atoms with Crippen molar-refractivity contribution in [2.24, 2.45) is 0 Å². The Balaban J connectivity index is 1.60. The van der Waals surface area contributed by atoms with Crippen LogP contribution < -0.4 is 9.64 Å². The summed E-state index contributed by atoms with van der Waals surface area (Å²) in [4.78, 5) is 17.9. The van der Waals surface area contributed by atoms with E-state index in [4.69, 9.17) is 16.3 Å². The van der Waals surface area contributed by atoms with Crippen LogP contribution in [0.15, 0.2) is 18.6 Å². The van der Waals surface area contributed by atoms with Crippen molar-refractivity contribution in [1.82, 2.24) is 19.9 Å². The number of nitrogens with zero attached hydrogens (tertiary/aromatic N) is 5. The van der Waals surface area contributed by atoms with E-state index in [-0.39, 0.29) is 0 Å². The van der Waals surface area contributed by atoms with Crippen LogP contribution in [0.5, 0.6) is 5.75 Å². The lowest BCUT2D eigenvalue weighted by Crippen LogP contribution is -2.43. The van der Waals surface area contributed by atoms with Gasteiger partial charge >= 0.3 is 0 Å². The molecule has 0 aromatic carbocycles. The summed E-state index contributed by atoms with van der Waals surface area (Å²) >= 11 is 5.88. The lowest BCUT2D eigenvalue weighted by molar-refractivity contribution is 0.200. The molecular weight excluding hydrogens is 350 g/mol. The second-order valence-electron chi connectivity index (χ2n) is 6.87. The highest BCUT2D eigenvalue weighted by atomic mass is 35.5. The predicted molar refractivity (Wildman–Crippen MR) is 104 cm³/mol. The van der Waals surface area contributed by atoms with Crippen LogP contribution in [-0.4, -0.2) is 53.1 Å². The molecule has 0 atom stereocenters. The SMILES string of the molecule is COc1c(C)cnc(CN2CCC(N(C)c3ncc(Cl)cn3)CC2)c1C. The number of rotatable bonds is 5. The summed E-state index contributed by atoms with van der Waals surface area (Å²) in [5.74, 6) is 1.68. The molecule has 2 aromatic heterocycles. The standard InChI is InChI=1S/C19H26ClN5O/c1-13-9-21-17(14(2)18(13)26-4)12-25-7-5-16(6-8-25)24(3)19-22-10-15(20)11-23-19/h9-11,16H,5-8,12H2,1-4H3. The lowest BCUT2D eigenvalue weighted by atomic mass is 10.0. The van der Waals surface area contributed by atoms with E-state index >= 15 is 0 Å². The van der Waals surface area contributed by atoms with Crippen molar-refractivity contribution in [3.63, 3.8) is 0 Å². The van der Waals surface area contributed by atoms with Gasteiger partial charge in [-0.2, -0.15) is 0 Å². The van der Waals surface area contributed by atoms with Crippen molar-refractivity contribution in [2.75, 3.05) is 32.1 Å². The number of methoxy groups -OCH3 is 1. The maximum atomic E-state index is 5.88. The zero-order valence-electron chi connectivity index (χ0n) is 15.9. The van der Waals surface area contributed by atoms with E-state index in [1.807, 2.05) is 13.1 Å². The summed E-state index contributed by atoms with van der Waals surface area (Å²) in [7, 11) is 3.78. The van der Waals surface area contributed by atoms with Crippen LogP contribution in [0.2, 0.25) is 5.02 Å². The number of anilines is 1. The third-order valence-electron chi connectivity index (χ3n) is 5.15. The first-order chi connectivity index (χ1) is 12.5. The highest BCUT2D eigenvalue weighted by Crippen LogP contribution is 2.26. The van der Waals surface area contributed by atoms with Crippen LogP contribution in [0, 0.1) is 13.8 Å². The zero-order chi connectivity index (χ0) is 18.7. The molecule has 0 spiro atoms. The number of halogens is 1. The third-order valence-corrected chi connectivity index (χ3v) is 5.35. The minimum atomic E-state index is 0.439. The molecule has 0 saturated carbocycles. The van der Waals surface area contributed by atoms with Crippen molar-refractivity contribution >= 4 is 17.5 Å². The summed E-state index contributed by atoms with van der Waals surface area (Å²) in [6, 6.07) is 0.439. The molecule has 7 heteroatoms. The first-order valence-electron chi connectivity index (χ1n) is 8.91. The van der Waals surface area contributed by atoms with Gasteiger partial charge in [0.2, 0.25) is 5.95 Å². The van der Waals surface area contributed by atoms with E-state index in [0.29, 0.717) is 11.1 Å². The normalized spacial score (nSPS) is 15.9. The number of ether oxygens (including phenoxy) is 1. The maximum Gasteiger partial charge on any atom is 0.225 e. The Morgan fingerprint density at radius 2 is 1.81 bits per heavy atom. The monoisotopic (exact) mass is 375 g/mol. The summed E-state index contributed by atoms with van der Waals surface area (Å²) in [6.07, 6.45) is 7.35.